The van der Waals surface area contributed by atoms with Crippen LogP contribution in [0.25, 0.3) is 0 Å². The van der Waals surface area contributed by atoms with E-state index >= 15 is 0 Å². The summed E-state index contributed by atoms with van der Waals surface area (Å²) in [6.07, 6.45) is -3.45. The van der Waals surface area contributed by atoms with Crippen LogP contribution in [0.15, 0.2) is 65.7 Å². The van der Waals surface area contributed by atoms with Gasteiger partial charge in [-0.3, -0.25) is 0 Å². The molecule has 0 amide bonds. The molecule has 0 saturated carbocycles. The van der Waals surface area contributed by atoms with Crippen molar-refractivity contribution in [2.75, 3.05) is 0 Å². The molecule has 1 N–H and O–H groups in total. The van der Waals surface area contributed by atoms with Crippen molar-refractivity contribution in [1.29, 1.82) is 0 Å². The molecule has 34 heavy (non-hydrogen) atoms. The van der Waals surface area contributed by atoms with Crippen LogP contribution in [-0.4, -0.2) is 30.7 Å². The van der Waals surface area contributed by atoms with Crippen molar-refractivity contribution in [2.45, 2.75) is 29.8 Å². The fourth-order valence-corrected chi connectivity index (χ4v) is 4.87. The predicted octanol–water partition coefficient (Wildman–Crippen LogP) is 6.30. The van der Waals surface area contributed by atoms with E-state index in [1.807, 2.05) is 0 Å². The lowest BCUT2D eigenvalue weighted by molar-refractivity contribution is -0.154. The molecule has 2 unspecified atom stereocenters. The number of pyridine rings is 1. The van der Waals surface area contributed by atoms with E-state index in [1.54, 1.807) is 0 Å². The zero-order valence-electron chi connectivity index (χ0n) is 17.3. The molecule has 6 nitrogen and oxygen atoms in total. The van der Waals surface area contributed by atoms with Crippen molar-refractivity contribution < 1.29 is 35.7 Å². The number of hydrogen-bond acceptors (Lipinski definition) is 5. The van der Waals surface area contributed by atoms with Gasteiger partial charge in [-0.1, -0.05) is 36.2 Å². The average molecular weight is 534 g/mol. The van der Waals surface area contributed by atoms with Gasteiger partial charge in [0, 0.05) is 17.3 Å². The van der Waals surface area contributed by atoms with Crippen LogP contribution in [0.4, 0.5) is 13.2 Å². The summed E-state index contributed by atoms with van der Waals surface area (Å²) in [5.41, 5.74) is -0.0914. The normalized spacial score (nSPS) is 13.8. The topological polar surface area (TPSA) is 93.6 Å². The zero-order valence-corrected chi connectivity index (χ0v) is 19.6. The molecule has 1 heterocycles. The fraction of sp³-hybridized carbons (Fsp3) is 0.182. The second kappa shape index (κ2) is 9.81. The molecule has 0 bridgehead atoms. The number of rotatable bonds is 7. The molecule has 3 rings (SSSR count). The number of halogens is 5. The van der Waals surface area contributed by atoms with Crippen LogP contribution in [0.2, 0.25) is 10.2 Å². The van der Waals surface area contributed by atoms with Gasteiger partial charge in [-0.05, 0) is 59.5 Å². The molecule has 2 atom stereocenters. The third-order valence-corrected chi connectivity index (χ3v) is 6.82. The maximum Gasteiger partial charge on any atom is 0.396 e. The number of aromatic carboxylic acids is 1. The van der Waals surface area contributed by atoms with Gasteiger partial charge in [0.25, 0.3) is 0 Å². The van der Waals surface area contributed by atoms with Gasteiger partial charge in [-0.15, -0.1) is 0 Å². The Morgan fingerprint density at radius 2 is 1.71 bits per heavy atom. The van der Waals surface area contributed by atoms with Gasteiger partial charge in [-0.2, -0.15) is 21.6 Å². The third kappa shape index (κ3) is 5.81. The molecule has 0 aliphatic carbocycles. The second-order valence-electron chi connectivity index (χ2n) is 7.27. The summed E-state index contributed by atoms with van der Waals surface area (Å²) in [5.74, 6) is -4.56. The number of benzene rings is 2. The predicted molar refractivity (Wildman–Crippen MR) is 119 cm³/mol. The first-order valence-corrected chi connectivity index (χ1v) is 11.7. The van der Waals surface area contributed by atoms with Gasteiger partial charge >= 0.3 is 22.3 Å². The van der Waals surface area contributed by atoms with E-state index in [0.717, 1.165) is 36.4 Å². The van der Waals surface area contributed by atoms with Crippen molar-refractivity contribution in [3.05, 3.63) is 87.7 Å². The molecule has 0 saturated heterocycles. The Labute approximate surface area is 203 Å². The summed E-state index contributed by atoms with van der Waals surface area (Å²) >= 11 is 12.0. The lowest BCUT2D eigenvalue weighted by Gasteiger charge is -2.28. The summed E-state index contributed by atoms with van der Waals surface area (Å²) in [4.78, 5) is 14.3. The van der Waals surface area contributed by atoms with Gasteiger partial charge in [0.1, 0.15) is 15.8 Å². The van der Waals surface area contributed by atoms with Gasteiger partial charge in [0.15, 0.2) is 0 Å². The molecule has 0 spiro atoms. The average Bonchev–Trinajstić information content (AvgIpc) is 2.72. The van der Waals surface area contributed by atoms with Gasteiger partial charge in [0.05, 0.1) is 11.5 Å². The van der Waals surface area contributed by atoms with E-state index in [0.29, 0.717) is 0 Å². The van der Waals surface area contributed by atoms with E-state index in [2.05, 4.69) is 4.98 Å². The monoisotopic (exact) mass is 533 g/mol. The summed E-state index contributed by atoms with van der Waals surface area (Å²) in [6.45, 7) is 1.34. The number of hydrogen-bond donors (Lipinski definition) is 1. The number of nitrogens with zero attached hydrogens (tertiary/aromatic N) is 1. The van der Waals surface area contributed by atoms with Crippen LogP contribution in [0.5, 0.6) is 5.75 Å². The van der Waals surface area contributed by atoms with Crippen molar-refractivity contribution in [3.63, 3.8) is 0 Å². The lowest BCUT2D eigenvalue weighted by Crippen LogP contribution is -2.26. The summed E-state index contributed by atoms with van der Waals surface area (Å²) in [7, 11) is -4.35. The Hall–Kier alpha value is -2.82. The minimum Gasteiger partial charge on any atom is -0.478 e. The van der Waals surface area contributed by atoms with E-state index in [-0.39, 0.29) is 37.5 Å². The molecule has 1 aromatic heterocycles. The fourth-order valence-electron chi connectivity index (χ4n) is 3.42. The van der Waals surface area contributed by atoms with Gasteiger partial charge in [-0.25, -0.2) is 9.78 Å². The standard InChI is InChI=1S/C22H16Cl2F3NO5S/c1-12(20(22(25,26)27)14-8-9-28-19(24)10-14)17-7-4-15(11-18(17)23)33-34(31,32)16-5-2-13(3-6-16)21(29)30/h2-12,20H,1H3,(H,29,30). The molecule has 180 valence electrons. The van der Waals surface area contributed by atoms with Crippen molar-refractivity contribution in [3.8, 4) is 5.75 Å². The van der Waals surface area contributed by atoms with Crippen LogP contribution in [0.1, 0.15) is 40.2 Å². The molecule has 2 aromatic carbocycles. The van der Waals surface area contributed by atoms with E-state index < -0.39 is 34.1 Å². The minimum absolute atomic E-state index is 0.0876. The van der Waals surface area contributed by atoms with E-state index in [1.165, 1.54) is 31.3 Å². The molecular weight excluding hydrogens is 518 g/mol. The maximum atomic E-state index is 13.9. The number of carbonyl (C=O) groups is 1. The molecule has 0 fully saturated rings. The first-order valence-electron chi connectivity index (χ1n) is 9.55. The number of alkyl halides is 3. The van der Waals surface area contributed by atoms with Gasteiger partial charge < -0.3 is 9.29 Å². The molecule has 12 heteroatoms. The number of carboxylic acids is 1. The summed E-state index contributed by atoms with van der Waals surface area (Å²) in [5, 5.41) is 8.70. The quantitative estimate of drug-likeness (QED) is 0.282. The number of aromatic nitrogens is 1. The van der Waals surface area contributed by atoms with Crippen LogP contribution < -0.4 is 4.18 Å². The Morgan fingerprint density at radius 3 is 2.24 bits per heavy atom. The lowest BCUT2D eigenvalue weighted by atomic mass is 9.82. The molecule has 0 radical (unpaired) electrons. The van der Waals surface area contributed by atoms with Crippen LogP contribution in [-0.2, 0) is 10.1 Å². The highest BCUT2D eigenvalue weighted by molar-refractivity contribution is 7.87. The SMILES string of the molecule is CC(c1ccc(OS(=O)(=O)c2ccc(C(=O)O)cc2)cc1Cl)C(c1ccnc(Cl)c1)C(F)(F)F. The van der Waals surface area contributed by atoms with E-state index in [4.69, 9.17) is 32.5 Å². The highest BCUT2D eigenvalue weighted by Gasteiger charge is 2.45. The molecule has 0 aliphatic rings. The van der Waals surface area contributed by atoms with Crippen molar-refractivity contribution in [2.24, 2.45) is 0 Å². The first-order chi connectivity index (χ1) is 15.8. The van der Waals surface area contributed by atoms with Crippen LogP contribution in [0, 0.1) is 0 Å². The Morgan fingerprint density at radius 1 is 1.06 bits per heavy atom. The smallest absolute Gasteiger partial charge is 0.396 e. The largest absolute Gasteiger partial charge is 0.478 e. The highest BCUT2D eigenvalue weighted by Crippen LogP contribution is 2.47. The molecule has 0 aliphatic heterocycles. The number of carboxylic acid groups (broad SMARTS) is 1. The summed E-state index contributed by atoms with van der Waals surface area (Å²) < 4.78 is 71.8. The van der Waals surface area contributed by atoms with Crippen molar-refractivity contribution in [1.82, 2.24) is 4.98 Å². The van der Waals surface area contributed by atoms with Crippen molar-refractivity contribution >= 4 is 39.3 Å². The maximum absolute atomic E-state index is 13.9. The van der Waals surface area contributed by atoms with Crippen LogP contribution in [0.3, 0.4) is 0 Å². The van der Waals surface area contributed by atoms with Crippen LogP contribution >= 0.6 is 23.2 Å². The second-order valence-corrected chi connectivity index (χ2v) is 9.61. The summed E-state index contributed by atoms with van der Waals surface area (Å²) in [6, 6.07) is 10.2. The Bertz CT molecular complexity index is 1310. The molecular formula is C22H16Cl2F3NO5S. The Kier molecular flexibility index (Phi) is 7.44. The zero-order chi connectivity index (χ0) is 25.3. The molecule has 3 aromatic rings. The minimum atomic E-state index is -4.63. The Balaban J connectivity index is 1.89. The third-order valence-electron chi connectivity index (χ3n) is 5.02. The highest BCUT2D eigenvalue weighted by atomic mass is 35.5. The van der Waals surface area contributed by atoms with E-state index in [9.17, 15) is 26.4 Å². The first kappa shape index (κ1) is 25.8. The van der Waals surface area contributed by atoms with Gasteiger partial charge in [0.2, 0.25) is 0 Å².